The van der Waals surface area contributed by atoms with Crippen molar-refractivity contribution in [2.45, 2.75) is 0 Å². The Balaban J connectivity index is 0. The molecule has 0 radical (unpaired) electrons. The van der Waals surface area contributed by atoms with Crippen molar-refractivity contribution >= 4 is 20.2 Å². The molecule has 14 heteroatoms. The van der Waals surface area contributed by atoms with Gasteiger partial charge in [-0.1, -0.05) is 0 Å². The summed E-state index contributed by atoms with van der Waals surface area (Å²) in [6, 6.07) is 2.57. The van der Waals surface area contributed by atoms with Crippen LogP contribution < -0.4 is 68.6 Å². The van der Waals surface area contributed by atoms with Gasteiger partial charge in [0.2, 0.25) is 11.8 Å². The topological polar surface area (TPSA) is 159 Å². The van der Waals surface area contributed by atoms with Crippen molar-refractivity contribution in [3.63, 3.8) is 0 Å². The third-order valence-electron chi connectivity index (χ3n) is 1.78. The molecule has 10 nitrogen and oxygen atoms in total. The molecule has 0 aliphatic carbocycles. The molecule has 0 saturated carbocycles. The van der Waals surface area contributed by atoms with Gasteiger partial charge in [0, 0.05) is 12.1 Å². The fraction of sp³-hybridized carbons (Fsp3) is 0.500. The minimum Gasteiger partial charge on any atom is -0.748 e. The second-order valence-corrected chi connectivity index (χ2v) is 6.48. The standard InChI is InChI=1S/C8H12N2O8S2.2Na/c11-19(12,13)5-3-17-7-1-2-8(10-9-7)18-4-6-20(14,15)16;;/h1-2H,3-6H2,(H,11,12,13)(H,14,15,16);;/q;2*+1/p-2. The minimum absolute atomic E-state index is 0. The molecule has 0 unspecified atom stereocenters. The molecule has 1 aromatic rings. The van der Waals surface area contributed by atoms with Gasteiger partial charge in [-0.05, 0) is 0 Å². The summed E-state index contributed by atoms with van der Waals surface area (Å²) in [5.74, 6) is -1.46. The van der Waals surface area contributed by atoms with Gasteiger partial charge in [-0.25, -0.2) is 16.8 Å². The SMILES string of the molecule is O=S(=O)([O-])CCOc1ccc(OCCS(=O)(=O)[O-])nn1.[Na+].[Na+]. The summed E-state index contributed by atoms with van der Waals surface area (Å²) in [5.41, 5.74) is 0. The second kappa shape index (κ2) is 11.1. The Kier molecular flexibility index (Phi) is 12.5. The number of rotatable bonds is 8. The van der Waals surface area contributed by atoms with Crippen LogP contribution in [0.5, 0.6) is 11.8 Å². The van der Waals surface area contributed by atoms with Crippen molar-refractivity contribution in [1.82, 2.24) is 10.2 Å². The first-order valence-corrected chi connectivity index (χ1v) is 8.28. The number of hydrogen-bond acceptors (Lipinski definition) is 10. The maximum atomic E-state index is 10.3. The van der Waals surface area contributed by atoms with Crippen LogP contribution in [-0.2, 0) is 20.2 Å². The van der Waals surface area contributed by atoms with Gasteiger partial charge in [-0.3, -0.25) is 0 Å². The van der Waals surface area contributed by atoms with E-state index in [-0.39, 0.29) is 84.1 Å². The van der Waals surface area contributed by atoms with Gasteiger partial charge >= 0.3 is 59.1 Å². The number of hydrogen-bond donors (Lipinski definition) is 0. The maximum absolute atomic E-state index is 10.3. The molecule has 1 heterocycles. The zero-order chi connectivity index (χ0) is 15.2. The molecule has 1 rings (SSSR count). The van der Waals surface area contributed by atoms with E-state index in [0.717, 1.165) is 0 Å². The quantitative estimate of drug-likeness (QED) is 0.317. The monoisotopic (exact) mass is 372 g/mol. The molecule has 0 aliphatic rings. The van der Waals surface area contributed by atoms with Gasteiger partial charge in [0.15, 0.2) is 0 Å². The molecular weight excluding hydrogens is 362 g/mol. The van der Waals surface area contributed by atoms with Gasteiger partial charge < -0.3 is 18.6 Å². The van der Waals surface area contributed by atoms with Crippen LogP contribution in [0.3, 0.4) is 0 Å². The first-order valence-electron chi connectivity index (χ1n) is 5.12. The Morgan fingerprint density at radius 3 is 1.36 bits per heavy atom. The van der Waals surface area contributed by atoms with Gasteiger partial charge in [-0.2, -0.15) is 0 Å². The first-order chi connectivity index (χ1) is 9.16. The van der Waals surface area contributed by atoms with Crippen molar-refractivity contribution in [2.75, 3.05) is 24.7 Å². The molecule has 0 N–H and O–H groups in total. The summed E-state index contributed by atoms with van der Waals surface area (Å²) < 4.78 is 71.5. The van der Waals surface area contributed by atoms with Crippen LogP contribution in [0, 0.1) is 0 Å². The van der Waals surface area contributed by atoms with E-state index in [9.17, 15) is 25.9 Å². The van der Waals surface area contributed by atoms with Crippen LogP contribution >= 0.6 is 0 Å². The largest absolute Gasteiger partial charge is 1.00 e. The van der Waals surface area contributed by atoms with E-state index in [1.54, 1.807) is 0 Å². The van der Waals surface area contributed by atoms with E-state index >= 15 is 0 Å². The van der Waals surface area contributed by atoms with Crippen LogP contribution in [-0.4, -0.2) is 60.9 Å². The second-order valence-electron chi connectivity index (χ2n) is 3.43. The molecule has 0 fully saturated rings. The number of aromatic nitrogens is 2. The Hall–Kier alpha value is 0.500. The van der Waals surface area contributed by atoms with Crippen LogP contribution in [0.1, 0.15) is 0 Å². The summed E-state index contributed by atoms with van der Waals surface area (Å²) in [4.78, 5) is 0. The zero-order valence-corrected chi connectivity index (χ0v) is 17.6. The average molecular weight is 372 g/mol. The summed E-state index contributed by atoms with van der Waals surface area (Å²) >= 11 is 0. The molecule has 1 aromatic heterocycles. The fourth-order valence-electron chi connectivity index (χ4n) is 0.958. The van der Waals surface area contributed by atoms with Crippen LogP contribution in [0.15, 0.2) is 12.1 Å². The summed E-state index contributed by atoms with van der Waals surface area (Å²) in [6.45, 7) is -0.732. The van der Waals surface area contributed by atoms with Crippen molar-refractivity contribution in [1.29, 1.82) is 0 Å². The molecule has 0 aromatic carbocycles. The molecule has 22 heavy (non-hydrogen) atoms. The third-order valence-corrected chi connectivity index (χ3v) is 3.12. The predicted octanol–water partition coefficient (Wildman–Crippen LogP) is -7.67. The Morgan fingerprint density at radius 1 is 0.818 bits per heavy atom. The van der Waals surface area contributed by atoms with Crippen LogP contribution in [0.25, 0.3) is 0 Å². The minimum atomic E-state index is -4.36. The van der Waals surface area contributed by atoms with Crippen LogP contribution in [0.2, 0.25) is 0 Å². The number of nitrogens with zero attached hydrogens (tertiary/aromatic N) is 2. The Bertz CT molecular complexity index is 578. The van der Waals surface area contributed by atoms with Gasteiger partial charge in [0.25, 0.3) is 0 Å². The van der Waals surface area contributed by atoms with E-state index in [0.29, 0.717) is 0 Å². The average Bonchev–Trinajstić information content (AvgIpc) is 2.28. The van der Waals surface area contributed by atoms with Crippen molar-refractivity contribution in [3.05, 3.63) is 12.1 Å². The van der Waals surface area contributed by atoms with Gasteiger partial charge in [0.1, 0.15) is 13.2 Å². The Morgan fingerprint density at radius 2 is 1.14 bits per heavy atom. The van der Waals surface area contributed by atoms with Crippen LogP contribution in [0.4, 0.5) is 0 Å². The van der Waals surface area contributed by atoms with Gasteiger partial charge in [0.05, 0.1) is 31.7 Å². The summed E-state index contributed by atoms with van der Waals surface area (Å²) in [6.07, 6.45) is 0. The molecule has 114 valence electrons. The van der Waals surface area contributed by atoms with Crippen molar-refractivity contribution in [3.8, 4) is 11.8 Å². The summed E-state index contributed by atoms with van der Waals surface area (Å²) in [5, 5.41) is 6.98. The molecule has 0 aliphatic heterocycles. The fourth-order valence-corrected chi connectivity index (χ4v) is 1.53. The van der Waals surface area contributed by atoms with E-state index in [2.05, 4.69) is 10.2 Å². The first kappa shape index (κ1) is 24.7. The van der Waals surface area contributed by atoms with E-state index < -0.39 is 31.7 Å². The number of ether oxygens (including phenoxy) is 2. The molecule has 0 amide bonds. The van der Waals surface area contributed by atoms with E-state index in [1.165, 1.54) is 12.1 Å². The predicted molar refractivity (Wildman–Crippen MR) is 62.2 cm³/mol. The molecule has 0 bridgehead atoms. The maximum Gasteiger partial charge on any atom is 1.00 e. The van der Waals surface area contributed by atoms with E-state index in [4.69, 9.17) is 9.47 Å². The molecule has 0 atom stereocenters. The van der Waals surface area contributed by atoms with Crippen molar-refractivity contribution in [2.24, 2.45) is 0 Å². The molecule has 0 saturated heterocycles. The van der Waals surface area contributed by atoms with E-state index in [1.807, 2.05) is 0 Å². The molecular formula is C8H10N2Na2O8S2. The third kappa shape index (κ3) is 13.0. The normalized spacial score (nSPS) is 11.0. The van der Waals surface area contributed by atoms with Crippen molar-refractivity contribution < 1.29 is 94.5 Å². The zero-order valence-electron chi connectivity index (χ0n) is 12.0. The molecule has 0 spiro atoms. The smallest absolute Gasteiger partial charge is 0.748 e. The Labute approximate surface area is 172 Å². The van der Waals surface area contributed by atoms with Gasteiger partial charge in [-0.15, -0.1) is 10.2 Å². The summed E-state index contributed by atoms with van der Waals surface area (Å²) in [7, 11) is -8.73.